The zero-order chi connectivity index (χ0) is 30.3. The van der Waals surface area contributed by atoms with E-state index in [1.165, 1.54) is 11.8 Å². The molecule has 0 bridgehead atoms. The number of alkyl halides is 3. The number of ether oxygens (including phenoxy) is 2. The van der Waals surface area contributed by atoms with Gasteiger partial charge in [-0.05, 0) is 51.3 Å². The van der Waals surface area contributed by atoms with Crippen molar-refractivity contribution in [1.29, 1.82) is 0 Å². The molecule has 3 rings (SSSR count). The molecular weight excluding hydrogens is 557 g/mol. The van der Waals surface area contributed by atoms with Crippen LogP contribution in [0.2, 0.25) is 0 Å². The van der Waals surface area contributed by atoms with Crippen LogP contribution in [0.3, 0.4) is 0 Å². The Bertz CT molecular complexity index is 1360. The first-order valence-corrected chi connectivity index (χ1v) is 13.7. The number of halogens is 3. The predicted molar refractivity (Wildman–Crippen MR) is 151 cm³/mol. The highest BCUT2D eigenvalue weighted by molar-refractivity contribution is 7.99. The minimum Gasteiger partial charge on any atom is -0.444 e. The maximum Gasteiger partial charge on any atom is 0.426 e. The molecule has 41 heavy (non-hydrogen) atoms. The Kier molecular flexibility index (Phi) is 10.4. The van der Waals surface area contributed by atoms with Gasteiger partial charge in [0.1, 0.15) is 10.6 Å². The Morgan fingerprint density at radius 2 is 1.83 bits per heavy atom. The molecule has 0 saturated heterocycles. The molecule has 0 saturated carbocycles. The van der Waals surface area contributed by atoms with Gasteiger partial charge in [-0.15, -0.1) is 35.1 Å². The van der Waals surface area contributed by atoms with Crippen LogP contribution in [0.4, 0.5) is 23.7 Å². The number of amides is 1. The molecule has 1 aromatic carbocycles. The van der Waals surface area contributed by atoms with E-state index in [1.54, 1.807) is 70.2 Å². The molecule has 0 aliphatic rings. The third-order valence-electron chi connectivity index (χ3n) is 5.55. The van der Waals surface area contributed by atoms with E-state index >= 15 is 0 Å². The van der Waals surface area contributed by atoms with Crippen LogP contribution < -0.4 is 5.32 Å². The predicted octanol–water partition coefficient (Wildman–Crippen LogP) is 8.01. The van der Waals surface area contributed by atoms with E-state index in [-0.39, 0.29) is 23.9 Å². The summed E-state index contributed by atoms with van der Waals surface area (Å²) in [5.74, 6) is -0.492. The number of carbonyl (C=O) groups is 1. The topological polar surface area (TPSA) is 99.4 Å². The van der Waals surface area contributed by atoms with Crippen molar-refractivity contribution in [3.05, 3.63) is 78.7 Å². The number of aromatic nitrogens is 3. The zero-order valence-corrected chi connectivity index (χ0v) is 24.2. The monoisotopic (exact) mass is 590 g/mol. The van der Waals surface area contributed by atoms with Gasteiger partial charge >= 0.3 is 12.3 Å². The van der Waals surface area contributed by atoms with Crippen molar-refractivity contribution in [2.24, 2.45) is 0 Å². The summed E-state index contributed by atoms with van der Waals surface area (Å²) in [5, 5.41) is 10.8. The first-order valence-electron chi connectivity index (χ1n) is 12.7. The number of rotatable bonds is 12. The second-order valence-corrected chi connectivity index (χ2v) is 11.1. The maximum atomic E-state index is 14.7. The third-order valence-corrected chi connectivity index (χ3v) is 6.68. The number of nitrogens with zero attached hydrogens (tertiary/aromatic N) is 3. The molecule has 220 valence electrons. The maximum absolute atomic E-state index is 14.7. The second-order valence-electron chi connectivity index (χ2n) is 10.1. The Balaban J connectivity index is 2.09. The minimum atomic E-state index is -4.94. The van der Waals surface area contributed by atoms with Crippen molar-refractivity contribution in [3.8, 4) is 11.6 Å². The van der Waals surface area contributed by atoms with Crippen LogP contribution in [0.25, 0.3) is 11.6 Å². The lowest BCUT2D eigenvalue weighted by Gasteiger charge is -2.31. The molecule has 2 aromatic heterocycles. The molecule has 0 aliphatic heterocycles. The summed E-state index contributed by atoms with van der Waals surface area (Å²) in [4.78, 5) is 17.2. The summed E-state index contributed by atoms with van der Waals surface area (Å²) < 4.78 is 60.5. The highest BCUT2D eigenvalue weighted by Gasteiger charge is 2.60. The van der Waals surface area contributed by atoms with E-state index in [2.05, 4.69) is 33.7 Å². The van der Waals surface area contributed by atoms with Crippen LogP contribution in [0, 0.1) is 6.92 Å². The van der Waals surface area contributed by atoms with Gasteiger partial charge in [-0.3, -0.25) is 5.32 Å². The minimum absolute atomic E-state index is 0.0148. The summed E-state index contributed by atoms with van der Waals surface area (Å²) in [6, 6.07) is 10.0. The van der Waals surface area contributed by atoms with Gasteiger partial charge in [0.15, 0.2) is 5.69 Å². The molecule has 0 spiro atoms. The van der Waals surface area contributed by atoms with Crippen molar-refractivity contribution >= 4 is 23.5 Å². The van der Waals surface area contributed by atoms with Crippen molar-refractivity contribution in [2.75, 3.05) is 11.1 Å². The number of pyridine rings is 1. The summed E-state index contributed by atoms with van der Waals surface area (Å²) in [5.41, 5.74) is -2.41. The van der Waals surface area contributed by atoms with Gasteiger partial charge in [-0.1, -0.05) is 42.5 Å². The molecule has 1 atom stereocenters. The highest BCUT2D eigenvalue weighted by atomic mass is 32.2. The van der Waals surface area contributed by atoms with Crippen LogP contribution in [-0.4, -0.2) is 38.8 Å². The Morgan fingerprint density at radius 3 is 2.44 bits per heavy atom. The fourth-order valence-corrected chi connectivity index (χ4v) is 4.57. The van der Waals surface area contributed by atoms with Gasteiger partial charge in [-0.2, -0.15) is 13.2 Å². The molecule has 3 aromatic rings. The standard InChI is InChI=1S/C29H33F3N4O4S/c1-7-9-16-41-24-19(3)17-21(33-26(37)40-27(4,5)6)22(34-24)23-35-36-25(39-23)28(15-8-2,29(30,31)32)38-18-20-13-11-10-12-14-20/h7-8,10-14,17H,1-2,9,15-16,18H2,3-6H3,(H,33,37)/t28-/m1/s1. The van der Waals surface area contributed by atoms with Crippen LogP contribution >= 0.6 is 11.8 Å². The molecular formula is C29H33F3N4O4S. The SMILES string of the molecule is C=CCCSc1nc(-c2nnc([C@@](CC=C)(OCc3ccccc3)C(F)(F)F)o2)c(NC(=O)OC(C)(C)C)cc1C. The number of hydrogen-bond donors (Lipinski definition) is 1. The van der Waals surface area contributed by atoms with Gasteiger partial charge in [-0.25, -0.2) is 9.78 Å². The van der Waals surface area contributed by atoms with Crippen molar-refractivity contribution in [3.63, 3.8) is 0 Å². The van der Waals surface area contributed by atoms with Gasteiger partial charge in [0, 0.05) is 12.2 Å². The number of allylic oxidation sites excluding steroid dienone is 1. The lowest BCUT2D eigenvalue weighted by molar-refractivity contribution is -0.295. The Labute approximate surface area is 241 Å². The molecule has 0 aliphatic carbocycles. The number of nitrogens with one attached hydrogen (secondary N) is 1. The van der Waals surface area contributed by atoms with Gasteiger partial charge < -0.3 is 13.9 Å². The number of thioether (sulfide) groups is 1. The van der Waals surface area contributed by atoms with Crippen LogP contribution in [0.1, 0.15) is 50.6 Å². The average Bonchev–Trinajstić information content (AvgIpc) is 3.37. The normalized spacial score (nSPS) is 13.3. The summed E-state index contributed by atoms with van der Waals surface area (Å²) in [6.07, 6.45) is -2.86. The van der Waals surface area contributed by atoms with Crippen molar-refractivity contribution < 1.29 is 31.9 Å². The summed E-state index contributed by atoms with van der Waals surface area (Å²) in [6.45, 7) is 13.7. The number of carbonyl (C=O) groups excluding carboxylic acids is 1. The van der Waals surface area contributed by atoms with E-state index in [4.69, 9.17) is 13.9 Å². The number of benzene rings is 1. The number of hydrogen-bond acceptors (Lipinski definition) is 8. The van der Waals surface area contributed by atoms with E-state index < -0.39 is 35.8 Å². The first kappa shape index (κ1) is 31.9. The number of anilines is 1. The molecule has 12 heteroatoms. The van der Waals surface area contributed by atoms with Crippen LogP contribution in [0.5, 0.6) is 0 Å². The van der Waals surface area contributed by atoms with E-state index in [0.29, 0.717) is 22.8 Å². The molecule has 0 radical (unpaired) electrons. The van der Waals surface area contributed by atoms with Crippen LogP contribution in [-0.2, 0) is 21.7 Å². The summed E-state index contributed by atoms with van der Waals surface area (Å²) >= 11 is 1.41. The van der Waals surface area contributed by atoms with E-state index in [9.17, 15) is 18.0 Å². The van der Waals surface area contributed by atoms with Crippen LogP contribution in [0.15, 0.2) is 71.2 Å². The fraction of sp³-hybridized carbons (Fsp3) is 0.379. The Hall–Kier alpha value is -3.64. The highest BCUT2D eigenvalue weighted by Crippen LogP contribution is 2.46. The van der Waals surface area contributed by atoms with Crippen molar-refractivity contribution in [2.45, 2.75) is 69.5 Å². The molecule has 2 heterocycles. The smallest absolute Gasteiger partial charge is 0.426 e. The lowest BCUT2D eigenvalue weighted by Crippen LogP contribution is -2.45. The van der Waals surface area contributed by atoms with Gasteiger partial charge in [0.25, 0.3) is 11.8 Å². The lowest BCUT2D eigenvalue weighted by atomic mass is 9.98. The molecule has 0 fully saturated rings. The van der Waals surface area contributed by atoms with Gasteiger partial charge in [0.2, 0.25) is 5.60 Å². The van der Waals surface area contributed by atoms with Gasteiger partial charge in [0.05, 0.1) is 12.3 Å². The molecule has 0 unspecified atom stereocenters. The fourth-order valence-electron chi connectivity index (χ4n) is 3.65. The van der Waals surface area contributed by atoms with Crippen molar-refractivity contribution in [1.82, 2.24) is 15.2 Å². The Morgan fingerprint density at radius 1 is 1.12 bits per heavy atom. The quantitative estimate of drug-likeness (QED) is 0.129. The molecule has 1 N–H and O–H groups in total. The summed E-state index contributed by atoms with van der Waals surface area (Å²) in [7, 11) is 0. The first-order chi connectivity index (χ1) is 19.3. The van der Waals surface area contributed by atoms with E-state index in [0.717, 1.165) is 11.6 Å². The molecule has 1 amide bonds. The number of aryl methyl sites for hydroxylation is 1. The molecule has 8 nitrogen and oxygen atoms in total. The largest absolute Gasteiger partial charge is 0.444 e. The van der Waals surface area contributed by atoms with E-state index in [1.807, 2.05) is 0 Å². The second kappa shape index (κ2) is 13.3. The average molecular weight is 591 g/mol. The zero-order valence-electron chi connectivity index (χ0n) is 23.4. The third kappa shape index (κ3) is 8.20.